The lowest BCUT2D eigenvalue weighted by Gasteiger charge is -2.35. The second-order valence-corrected chi connectivity index (χ2v) is 8.75. The molecule has 0 radical (unpaired) electrons. The maximum Gasteiger partial charge on any atom is 0.407 e. The fraction of sp³-hybridized carbons (Fsp3) is 0.435. The van der Waals surface area contributed by atoms with Crippen molar-refractivity contribution in [1.29, 1.82) is 0 Å². The van der Waals surface area contributed by atoms with E-state index >= 15 is 0 Å². The molecule has 0 aliphatic heterocycles. The van der Waals surface area contributed by atoms with Crippen molar-refractivity contribution >= 4 is 6.09 Å². The Labute approximate surface area is 187 Å². The predicted octanol–water partition coefficient (Wildman–Crippen LogP) is 3.89. The molecule has 0 bridgehead atoms. The van der Waals surface area contributed by atoms with E-state index < -0.39 is 11.7 Å². The molecule has 0 atom stereocenters. The van der Waals surface area contributed by atoms with E-state index in [0.29, 0.717) is 23.9 Å². The van der Waals surface area contributed by atoms with Gasteiger partial charge in [0.15, 0.2) is 5.82 Å². The maximum atomic E-state index is 12.1. The third-order valence-electron chi connectivity index (χ3n) is 5.09. The number of pyridine rings is 2. The van der Waals surface area contributed by atoms with Gasteiger partial charge in [0.1, 0.15) is 22.9 Å². The highest BCUT2D eigenvalue weighted by atomic mass is 16.6. The highest BCUT2D eigenvalue weighted by Gasteiger charge is 2.37. The number of amides is 1. The van der Waals surface area contributed by atoms with Crippen molar-refractivity contribution in [1.82, 2.24) is 30.0 Å². The first kappa shape index (κ1) is 21.7. The van der Waals surface area contributed by atoms with Crippen LogP contribution in [0.4, 0.5) is 4.79 Å². The Hall–Kier alpha value is -3.49. The third kappa shape index (κ3) is 4.87. The van der Waals surface area contributed by atoms with Crippen LogP contribution in [0.25, 0.3) is 17.2 Å². The van der Waals surface area contributed by atoms with E-state index in [1.165, 1.54) is 0 Å². The molecular weight excluding hydrogens is 408 g/mol. The number of rotatable bonds is 6. The molecule has 1 aliphatic carbocycles. The molecule has 9 nitrogen and oxygen atoms in total. The topological polar surface area (TPSA) is 104 Å². The first-order valence-corrected chi connectivity index (χ1v) is 10.8. The Kier molecular flexibility index (Phi) is 6.07. The number of carbonyl (C=O) groups excluding carboxylic acids is 1. The normalized spacial score (nSPS) is 18.0. The van der Waals surface area contributed by atoms with Crippen LogP contribution in [0.2, 0.25) is 0 Å². The smallest absolute Gasteiger partial charge is 0.407 e. The number of alkyl carbamates (subject to hydrolysis) is 1. The molecule has 32 heavy (non-hydrogen) atoms. The van der Waals surface area contributed by atoms with Gasteiger partial charge in [-0.3, -0.25) is 9.55 Å². The summed E-state index contributed by atoms with van der Waals surface area (Å²) in [5.41, 5.74) is 1.04. The summed E-state index contributed by atoms with van der Waals surface area (Å²) in [4.78, 5) is 20.8. The standard InChI is InChI=1S/C23H28N6O3/c1-5-31-18-8-9-19(25-14-18)21-28-27-20(29(21)17-7-6-10-24-13-17)15-11-16(12-15)26-22(30)32-23(2,3)4/h6-10,13-16H,5,11-12H2,1-4H3,(H,26,30). The van der Waals surface area contributed by atoms with Crippen LogP contribution in [-0.2, 0) is 4.74 Å². The number of hydrogen-bond donors (Lipinski definition) is 1. The minimum atomic E-state index is -0.521. The molecule has 1 fully saturated rings. The molecule has 1 N–H and O–H groups in total. The summed E-state index contributed by atoms with van der Waals surface area (Å²) in [5, 5.41) is 11.9. The second kappa shape index (κ2) is 8.94. The van der Waals surface area contributed by atoms with Crippen LogP contribution < -0.4 is 10.1 Å². The van der Waals surface area contributed by atoms with Crippen molar-refractivity contribution in [3.8, 4) is 23.0 Å². The first-order chi connectivity index (χ1) is 15.3. The molecule has 1 aliphatic rings. The minimum absolute atomic E-state index is 0.0425. The van der Waals surface area contributed by atoms with Crippen LogP contribution in [-0.4, -0.2) is 49.1 Å². The van der Waals surface area contributed by atoms with Crippen molar-refractivity contribution in [3.05, 3.63) is 48.7 Å². The fourth-order valence-electron chi connectivity index (χ4n) is 3.65. The summed E-state index contributed by atoms with van der Waals surface area (Å²) in [5.74, 6) is 2.32. The summed E-state index contributed by atoms with van der Waals surface area (Å²) < 4.78 is 12.8. The Bertz CT molecular complexity index is 1050. The van der Waals surface area contributed by atoms with Crippen LogP contribution >= 0.6 is 0 Å². The molecule has 0 unspecified atom stereocenters. The highest BCUT2D eigenvalue weighted by molar-refractivity contribution is 5.68. The number of aromatic nitrogens is 5. The Balaban J connectivity index is 1.56. The number of carbonyl (C=O) groups is 1. The third-order valence-corrected chi connectivity index (χ3v) is 5.09. The fourth-order valence-corrected chi connectivity index (χ4v) is 3.65. The number of nitrogens with one attached hydrogen (secondary N) is 1. The Morgan fingerprint density at radius 1 is 1.19 bits per heavy atom. The molecule has 0 spiro atoms. The number of hydrogen-bond acceptors (Lipinski definition) is 7. The van der Waals surface area contributed by atoms with Crippen molar-refractivity contribution in [3.63, 3.8) is 0 Å². The van der Waals surface area contributed by atoms with Gasteiger partial charge >= 0.3 is 6.09 Å². The molecule has 0 saturated heterocycles. The minimum Gasteiger partial charge on any atom is -0.492 e. The molecule has 4 rings (SSSR count). The maximum absolute atomic E-state index is 12.1. The van der Waals surface area contributed by atoms with E-state index in [4.69, 9.17) is 9.47 Å². The zero-order valence-corrected chi connectivity index (χ0v) is 18.8. The van der Waals surface area contributed by atoms with Gasteiger partial charge in [0.25, 0.3) is 0 Å². The molecule has 1 amide bonds. The quantitative estimate of drug-likeness (QED) is 0.625. The average Bonchev–Trinajstić information content (AvgIpc) is 3.15. The molecule has 1 saturated carbocycles. The molecule has 9 heteroatoms. The van der Waals surface area contributed by atoms with E-state index in [-0.39, 0.29) is 12.0 Å². The molecule has 3 heterocycles. The van der Waals surface area contributed by atoms with Crippen LogP contribution in [0.15, 0.2) is 42.9 Å². The van der Waals surface area contributed by atoms with Crippen LogP contribution in [0.5, 0.6) is 5.75 Å². The molecule has 3 aromatic heterocycles. The van der Waals surface area contributed by atoms with Gasteiger partial charge in [-0.05, 0) is 64.8 Å². The van der Waals surface area contributed by atoms with Gasteiger partial charge in [-0.25, -0.2) is 9.78 Å². The summed E-state index contributed by atoms with van der Waals surface area (Å²) >= 11 is 0. The molecule has 3 aromatic rings. The van der Waals surface area contributed by atoms with E-state index in [0.717, 1.165) is 24.4 Å². The predicted molar refractivity (Wildman–Crippen MR) is 119 cm³/mol. The van der Waals surface area contributed by atoms with Crippen LogP contribution in [0.3, 0.4) is 0 Å². The highest BCUT2D eigenvalue weighted by Crippen LogP contribution is 2.38. The number of ether oxygens (including phenoxy) is 2. The zero-order valence-electron chi connectivity index (χ0n) is 18.8. The van der Waals surface area contributed by atoms with Crippen molar-refractivity contribution in [2.45, 2.75) is 58.1 Å². The van der Waals surface area contributed by atoms with Gasteiger partial charge in [0.05, 0.1) is 24.7 Å². The summed E-state index contributed by atoms with van der Waals surface area (Å²) in [6.45, 7) is 8.06. The molecular formula is C23H28N6O3. The van der Waals surface area contributed by atoms with Crippen molar-refractivity contribution in [2.24, 2.45) is 0 Å². The van der Waals surface area contributed by atoms with Gasteiger partial charge < -0.3 is 14.8 Å². The summed E-state index contributed by atoms with van der Waals surface area (Å²) in [6.07, 6.45) is 6.31. The van der Waals surface area contributed by atoms with Gasteiger partial charge in [0, 0.05) is 18.2 Å². The van der Waals surface area contributed by atoms with E-state index in [1.54, 1.807) is 18.6 Å². The lowest BCUT2D eigenvalue weighted by molar-refractivity contribution is 0.0469. The summed E-state index contributed by atoms with van der Waals surface area (Å²) in [7, 11) is 0. The Morgan fingerprint density at radius 2 is 2.00 bits per heavy atom. The molecule has 0 aromatic carbocycles. The lowest BCUT2D eigenvalue weighted by atomic mass is 9.79. The first-order valence-electron chi connectivity index (χ1n) is 10.8. The monoisotopic (exact) mass is 436 g/mol. The lowest BCUT2D eigenvalue weighted by Crippen LogP contribution is -2.45. The second-order valence-electron chi connectivity index (χ2n) is 8.75. The largest absolute Gasteiger partial charge is 0.492 e. The van der Waals surface area contributed by atoms with E-state index in [9.17, 15) is 4.79 Å². The molecule has 168 valence electrons. The number of nitrogens with zero attached hydrogens (tertiary/aromatic N) is 5. The van der Waals surface area contributed by atoms with Gasteiger partial charge in [-0.2, -0.15) is 0 Å². The average molecular weight is 437 g/mol. The van der Waals surface area contributed by atoms with Crippen molar-refractivity contribution in [2.75, 3.05) is 6.61 Å². The zero-order chi connectivity index (χ0) is 22.7. The summed E-state index contributed by atoms with van der Waals surface area (Å²) in [6, 6.07) is 7.63. The van der Waals surface area contributed by atoms with E-state index in [2.05, 4.69) is 25.5 Å². The van der Waals surface area contributed by atoms with Gasteiger partial charge in [0.2, 0.25) is 0 Å². The van der Waals surface area contributed by atoms with Gasteiger partial charge in [-0.1, -0.05) is 0 Å². The van der Waals surface area contributed by atoms with Crippen molar-refractivity contribution < 1.29 is 14.3 Å². The SMILES string of the molecule is CCOc1ccc(-c2nnc(C3CC(NC(=O)OC(C)(C)C)C3)n2-c2cccnc2)nc1. The Morgan fingerprint density at radius 3 is 2.62 bits per heavy atom. The van der Waals surface area contributed by atoms with Gasteiger partial charge in [-0.15, -0.1) is 10.2 Å². The van der Waals surface area contributed by atoms with Crippen LogP contribution in [0, 0.1) is 0 Å². The van der Waals surface area contributed by atoms with E-state index in [1.807, 2.05) is 56.5 Å². The van der Waals surface area contributed by atoms with Crippen LogP contribution in [0.1, 0.15) is 52.3 Å².